The van der Waals surface area contributed by atoms with E-state index >= 15 is 0 Å². The number of amides is 1. The zero-order valence-corrected chi connectivity index (χ0v) is 11.1. The lowest BCUT2D eigenvalue weighted by Gasteiger charge is -2.05. The smallest absolute Gasteiger partial charge is 0.294 e. The first-order valence-electron chi connectivity index (χ1n) is 6.09. The van der Waals surface area contributed by atoms with Gasteiger partial charge in [0.15, 0.2) is 5.69 Å². The Kier molecular flexibility index (Phi) is 3.79. The van der Waals surface area contributed by atoms with E-state index in [2.05, 4.69) is 10.4 Å². The maximum absolute atomic E-state index is 11.8. The van der Waals surface area contributed by atoms with Crippen molar-refractivity contribution >= 4 is 11.6 Å². The molecule has 0 aliphatic rings. The first-order chi connectivity index (χ1) is 9.49. The van der Waals surface area contributed by atoms with Crippen molar-refractivity contribution in [1.82, 2.24) is 15.1 Å². The van der Waals surface area contributed by atoms with Crippen molar-refractivity contribution < 1.29 is 9.72 Å². The number of hydrogen-bond acceptors (Lipinski definition) is 4. The third-order valence-electron chi connectivity index (χ3n) is 2.57. The molecule has 0 aliphatic carbocycles. The zero-order chi connectivity index (χ0) is 14.7. The number of hydrogen-bond donors (Lipinski definition) is 1. The first-order valence-corrected chi connectivity index (χ1v) is 6.09. The van der Waals surface area contributed by atoms with Gasteiger partial charge in [-0.2, -0.15) is 5.10 Å². The van der Waals surface area contributed by atoms with Gasteiger partial charge in [0.2, 0.25) is 0 Å². The molecule has 1 N–H and O–H groups in total. The highest BCUT2D eigenvalue weighted by molar-refractivity contribution is 5.92. The van der Waals surface area contributed by atoms with Crippen molar-refractivity contribution in [2.75, 3.05) is 0 Å². The molecule has 0 saturated carbocycles. The summed E-state index contributed by atoms with van der Waals surface area (Å²) >= 11 is 0. The molecule has 0 saturated heterocycles. The lowest BCUT2D eigenvalue weighted by Crippen LogP contribution is -2.30. The molecule has 2 aromatic rings. The van der Waals surface area contributed by atoms with Crippen LogP contribution in [0.1, 0.15) is 24.3 Å². The van der Waals surface area contributed by atoms with Crippen molar-refractivity contribution in [2.24, 2.45) is 0 Å². The van der Waals surface area contributed by atoms with Crippen molar-refractivity contribution in [2.45, 2.75) is 19.9 Å². The molecule has 7 nitrogen and oxygen atoms in total. The fourth-order valence-electron chi connectivity index (χ4n) is 1.73. The lowest BCUT2D eigenvalue weighted by atomic mass is 10.3. The molecule has 20 heavy (non-hydrogen) atoms. The number of rotatable bonds is 4. The molecule has 0 spiro atoms. The van der Waals surface area contributed by atoms with E-state index in [9.17, 15) is 14.9 Å². The highest BCUT2D eigenvalue weighted by Crippen LogP contribution is 2.21. The molecule has 1 heterocycles. The van der Waals surface area contributed by atoms with E-state index in [4.69, 9.17) is 0 Å². The van der Waals surface area contributed by atoms with E-state index in [1.165, 1.54) is 23.0 Å². The highest BCUT2D eigenvalue weighted by Gasteiger charge is 2.17. The van der Waals surface area contributed by atoms with Gasteiger partial charge in [-0.05, 0) is 26.0 Å². The number of carbonyl (C=O) groups is 1. The van der Waals surface area contributed by atoms with Gasteiger partial charge in [-0.1, -0.05) is 12.1 Å². The molecule has 2 rings (SSSR count). The van der Waals surface area contributed by atoms with Crippen molar-refractivity contribution in [1.29, 1.82) is 0 Å². The normalized spacial score (nSPS) is 10.6. The maximum atomic E-state index is 11.8. The molecular weight excluding hydrogens is 260 g/mol. The fourth-order valence-corrected chi connectivity index (χ4v) is 1.73. The van der Waals surface area contributed by atoms with Crippen LogP contribution in [0.2, 0.25) is 0 Å². The summed E-state index contributed by atoms with van der Waals surface area (Å²) in [5.41, 5.74) is 0.476. The van der Waals surface area contributed by atoms with Crippen LogP contribution >= 0.6 is 0 Å². The van der Waals surface area contributed by atoms with Crippen LogP contribution < -0.4 is 5.32 Å². The second kappa shape index (κ2) is 5.52. The number of nitrogens with zero attached hydrogens (tertiary/aromatic N) is 3. The second-order valence-corrected chi connectivity index (χ2v) is 4.52. The molecule has 0 bridgehead atoms. The maximum Gasteiger partial charge on any atom is 0.294 e. The number of para-hydroxylation sites is 2. The first kappa shape index (κ1) is 13.7. The predicted octanol–water partition coefficient (Wildman–Crippen LogP) is 1.92. The Bertz CT molecular complexity index is 649. The average Bonchev–Trinajstić information content (AvgIpc) is 2.87. The van der Waals surface area contributed by atoms with Gasteiger partial charge in [0.25, 0.3) is 11.6 Å². The standard InChI is InChI=1S/C13H14N4O3/c1-9(2)14-13(18)10-7-8-16(15-10)11-5-3-4-6-12(11)17(19)20/h3-9H,1-2H3,(H,14,18). The van der Waals surface area contributed by atoms with E-state index in [0.29, 0.717) is 5.69 Å². The number of nitrogens with one attached hydrogen (secondary N) is 1. The van der Waals surface area contributed by atoms with Gasteiger partial charge >= 0.3 is 0 Å². The number of nitro benzene ring substituents is 1. The minimum Gasteiger partial charge on any atom is -0.348 e. The largest absolute Gasteiger partial charge is 0.348 e. The third-order valence-corrected chi connectivity index (χ3v) is 2.57. The van der Waals surface area contributed by atoms with Gasteiger partial charge < -0.3 is 5.32 Å². The van der Waals surface area contributed by atoms with E-state index in [1.807, 2.05) is 13.8 Å². The summed E-state index contributed by atoms with van der Waals surface area (Å²) in [4.78, 5) is 22.3. The van der Waals surface area contributed by atoms with E-state index < -0.39 is 4.92 Å². The summed E-state index contributed by atoms with van der Waals surface area (Å²) in [6, 6.07) is 7.75. The van der Waals surface area contributed by atoms with Crippen LogP contribution in [0.15, 0.2) is 36.5 Å². The van der Waals surface area contributed by atoms with Gasteiger partial charge in [-0.25, -0.2) is 4.68 Å². The van der Waals surface area contributed by atoms with Crippen molar-refractivity contribution in [3.05, 3.63) is 52.3 Å². The summed E-state index contributed by atoms with van der Waals surface area (Å²) in [6.45, 7) is 3.69. The Balaban J connectivity index is 2.34. The monoisotopic (exact) mass is 274 g/mol. The molecule has 0 fully saturated rings. The predicted molar refractivity (Wildman–Crippen MR) is 72.8 cm³/mol. The second-order valence-electron chi connectivity index (χ2n) is 4.52. The van der Waals surface area contributed by atoms with Crippen LogP contribution in [0.25, 0.3) is 5.69 Å². The fraction of sp³-hybridized carbons (Fsp3) is 0.231. The molecule has 1 aromatic carbocycles. The van der Waals surface area contributed by atoms with Crippen LogP contribution in [0.4, 0.5) is 5.69 Å². The number of benzene rings is 1. The summed E-state index contributed by atoms with van der Waals surface area (Å²) in [5.74, 6) is -0.308. The molecule has 0 radical (unpaired) electrons. The van der Waals surface area contributed by atoms with Crippen LogP contribution in [-0.4, -0.2) is 26.7 Å². The van der Waals surface area contributed by atoms with Crippen LogP contribution in [0.3, 0.4) is 0 Å². The Morgan fingerprint density at radius 3 is 2.70 bits per heavy atom. The van der Waals surface area contributed by atoms with Crippen LogP contribution in [0, 0.1) is 10.1 Å². The molecule has 1 aromatic heterocycles. The molecular formula is C13H14N4O3. The van der Waals surface area contributed by atoms with E-state index in [1.54, 1.807) is 18.2 Å². The molecule has 0 atom stereocenters. The highest BCUT2D eigenvalue weighted by atomic mass is 16.6. The molecule has 0 unspecified atom stereocenters. The zero-order valence-electron chi connectivity index (χ0n) is 11.1. The molecule has 104 valence electrons. The minimum absolute atomic E-state index is 0.00119. The Labute approximate surface area is 115 Å². The third kappa shape index (κ3) is 2.82. The summed E-state index contributed by atoms with van der Waals surface area (Å²) in [7, 11) is 0. The van der Waals surface area contributed by atoms with Gasteiger partial charge in [-0.3, -0.25) is 14.9 Å². The number of carbonyl (C=O) groups excluding carboxylic acids is 1. The van der Waals surface area contributed by atoms with E-state index in [-0.39, 0.29) is 23.3 Å². The SMILES string of the molecule is CC(C)NC(=O)c1ccn(-c2ccccc2[N+](=O)[O-])n1. The average molecular weight is 274 g/mol. The van der Waals surface area contributed by atoms with Crippen molar-refractivity contribution in [3.63, 3.8) is 0 Å². The van der Waals surface area contributed by atoms with Gasteiger partial charge in [-0.15, -0.1) is 0 Å². The number of nitro groups is 1. The van der Waals surface area contributed by atoms with Gasteiger partial charge in [0.1, 0.15) is 5.69 Å². The number of aromatic nitrogens is 2. The van der Waals surface area contributed by atoms with Crippen molar-refractivity contribution in [3.8, 4) is 5.69 Å². The molecule has 1 amide bonds. The Morgan fingerprint density at radius 1 is 1.35 bits per heavy atom. The topological polar surface area (TPSA) is 90.1 Å². The molecule has 7 heteroatoms. The Morgan fingerprint density at radius 2 is 2.05 bits per heavy atom. The van der Waals surface area contributed by atoms with Crippen LogP contribution in [0.5, 0.6) is 0 Å². The van der Waals surface area contributed by atoms with E-state index in [0.717, 1.165) is 0 Å². The van der Waals surface area contributed by atoms with Gasteiger partial charge in [0.05, 0.1) is 4.92 Å². The minimum atomic E-state index is -0.481. The van der Waals surface area contributed by atoms with Crippen LogP contribution in [-0.2, 0) is 0 Å². The molecule has 0 aliphatic heterocycles. The summed E-state index contributed by atoms with van der Waals surface area (Å²) in [5, 5.41) is 17.8. The summed E-state index contributed by atoms with van der Waals surface area (Å²) in [6.07, 6.45) is 1.53. The summed E-state index contributed by atoms with van der Waals surface area (Å²) < 4.78 is 1.33. The quantitative estimate of drug-likeness (QED) is 0.681. The lowest BCUT2D eigenvalue weighted by molar-refractivity contribution is -0.384. The van der Waals surface area contributed by atoms with Gasteiger partial charge in [0, 0.05) is 18.3 Å². The Hall–Kier alpha value is -2.70.